The van der Waals surface area contributed by atoms with Crippen LogP contribution in [-0.4, -0.2) is 31.2 Å². The van der Waals surface area contributed by atoms with Crippen LogP contribution in [0.1, 0.15) is 110 Å². The first-order chi connectivity index (χ1) is 20.2. The fourth-order valence-electron chi connectivity index (χ4n) is 4.84. The number of unbranched alkanes of at least 4 members (excludes halogenated alkanes) is 15. The minimum atomic E-state index is -0.590. The number of alkyl halides is 1. The molecule has 0 atom stereocenters. The van der Waals surface area contributed by atoms with Crippen LogP contribution in [0.2, 0.25) is 0 Å². The second kappa shape index (κ2) is 22.9. The highest BCUT2D eigenvalue weighted by atomic mass is 35.5. The van der Waals surface area contributed by atoms with Gasteiger partial charge in [-0.1, -0.05) is 140 Å². The SMILES string of the molecule is CCCCCCCCCCCCCCCCCCNC(=O)Oc1ccccc1-c1ccccc1OC(=O)NCCCl. The largest absolute Gasteiger partial charge is 0.412 e. The minimum absolute atomic E-state index is 0.294. The highest BCUT2D eigenvalue weighted by molar-refractivity contribution is 6.18. The van der Waals surface area contributed by atoms with E-state index in [0.29, 0.717) is 41.6 Å². The number of carbonyl (C=O) groups is 2. The van der Waals surface area contributed by atoms with Crippen molar-refractivity contribution in [2.45, 2.75) is 110 Å². The number of hydrogen-bond donors (Lipinski definition) is 2. The monoisotopic (exact) mass is 586 g/mol. The van der Waals surface area contributed by atoms with Gasteiger partial charge in [-0.2, -0.15) is 0 Å². The van der Waals surface area contributed by atoms with E-state index in [0.717, 1.165) is 12.8 Å². The second-order valence-electron chi connectivity index (χ2n) is 10.6. The van der Waals surface area contributed by atoms with Gasteiger partial charge in [0.1, 0.15) is 11.5 Å². The predicted molar refractivity (Wildman–Crippen MR) is 170 cm³/mol. The summed E-state index contributed by atoms with van der Waals surface area (Å²) in [6, 6.07) is 14.4. The Balaban J connectivity index is 1.59. The second-order valence-corrected chi connectivity index (χ2v) is 11.0. The maximum absolute atomic E-state index is 12.5. The van der Waals surface area contributed by atoms with Gasteiger partial charge in [-0.3, -0.25) is 0 Å². The Labute approximate surface area is 252 Å². The van der Waals surface area contributed by atoms with Crippen LogP contribution in [0.15, 0.2) is 48.5 Å². The maximum Gasteiger partial charge on any atom is 0.412 e. The zero-order valence-electron chi connectivity index (χ0n) is 25.1. The van der Waals surface area contributed by atoms with Gasteiger partial charge in [0.2, 0.25) is 0 Å². The van der Waals surface area contributed by atoms with Gasteiger partial charge in [-0.25, -0.2) is 9.59 Å². The van der Waals surface area contributed by atoms with Gasteiger partial charge in [0, 0.05) is 30.1 Å². The number of hydrogen-bond acceptors (Lipinski definition) is 4. The molecule has 0 spiro atoms. The molecular formula is C34H51ClN2O4. The summed E-state index contributed by atoms with van der Waals surface area (Å²) in [6.45, 7) is 3.16. The lowest BCUT2D eigenvalue weighted by Crippen LogP contribution is -2.28. The van der Waals surface area contributed by atoms with E-state index in [4.69, 9.17) is 21.1 Å². The summed E-state index contributed by atoms with van der Waals surface area (Å²) in [5.74, 6) is 1.06. The summed E-state index contributed by atoms with van der Waals surface area (Å²) < 4.78 is 11.1. The number of rotatable bonds is 22. The fourth-order valence-corrected chi connectivity index (χ4v) is 4.94. The number of halogens is 1. The molecular weight excluding hydrogens is 536 g/mol. The van der Waals surface area contributed by atoms with Crippen LogP contribution in [0.4, 0.5) is 9.59 Å². The summed E-state index contributed by atoms with van der Waals surface area (Å²) >= 11 is 5.63. The molecule has 7 heteroatoms. The van der Waals surface area contributed by atoms with E-state index in [1.165, 1.54) is 89.9 Å². The van der Waals surface area contributed by atoms with Crippen molar-refractivity contribution >= 4 is 23.8 Å². The van der Waals surface area contributed by atoms with E-state index < -0.39 is 12.2 Å². The van der Waals surface area contributed by atoms with Crippen LogP contribution in [0, 0.1) is 0 Å². The van der Waals surface area contributed by atoms with Gasteiger partial charge in [0.05, 0.1) is 0 Å². The molecule has 228 valence electrons. The van der Waals surface area contributed by atoms with E-state index in [-0.39, 0.29) is 0 Å². The molecule has 41 heavy (non-hydrogen) atoms. The highest BCUT2D eigenvalue weighted by Crippen LogP contribution is 2.36. The third-order valence-electron chi connectivity index (χ3n) is 7.13. The summed E-state index contributed by atoms with van der Waals surface area (Å²) in [6.07, 6.45) is 20.0. The van der Waals surface area contributed by atoms with Crippen LogP contribution in [-0.2, 0) is 0 Å². The normalized spacial score (nSPS) is 10.8. The average molecular weight is 587 g/mol. The summed E-state index contributed by atoms with van der Waals surface area (Å²) in [4.78, 5) is 24.6. The Morgan fingerprint density at radius 1 is 0.561 bits per heavy atom. The van der Waals surface area contributed by atoms with Crippen molar-refractivity contribution in [2.75, 3.05) is 19.0 Å². The maximum atomic E-state index is 12.5. The molecule has 0 fully saturated rings. The quantitative estimate of drug-likeness (QED) is 0.106. The summed E-state index contributed by atoms with van der Waals surface area (Å²) in [5, 5.41) is 5.44. The fraction of sp³-hybridized carbons (Fsp3) is 0.588. The van der Waals surface area contributed by atoms with E-state index >= 15 is 0 Å². The molecule has 2 aromatic rings. The highest BCUT2D eigenvalue weighted by Gasteiger charge is 2.15. The van der Waals surface area contributed by atoms with Crippen LogP contribution in [0.3, 0.4) is 0 Å². The van der Waals surface area contributed by atoms with Crippen molar-refractivity contribution in [3.05, 3.63) is 48.5 Å². The number of nitrogens with one attached hydrogen (secondary N) is 2. The number of amides is 2. The first-order valence-corrected chi connectivity index (χ1v) is 16.3. The molecule has 0 radical (unpaired) electrons. The standard InChI is InChI=1S/C34H51ClN2O4/c1-2-3-4-5-6-7-8-9-10-11-12-13-14-15-16-21-27-36-33(38)40-31-24-19-17-22-29(31)30-23-18-20-25-32(30)41-34(39)37-28-26-35/h17-20,22-25H,2-16,21,26-28H2,1H3,(H,36,38)(H,37,39). The van der Waals surface area contributed by atoms with Gasteiger partial charge < -0.3 is 20.1 Å². The lowest BCUT2D eigenvalue weighted by Gasteiger charge is -2.14. The lowest BCUT2D eigenvalue weighted by molar-refractivity contribution is 0.199. The zero-order valence-corrected chi connectivity index (χ0v) is 25.8. The minimum Gasteiger partial charge on any atom is -0.410 e. The Morgan fingerprint density at radius 2 is 0.927 bits per heavy atom. The Kier molecular flexibility index (Phi) is 19.3. The number of ether oxygens (including phenoxy) is 2. The van der Waals surface area contributed by atoms with E-state index in [1.807, 2.05) is 24.3 Å². The first kappa shape index (κ1) is 34.5. The number of benzene rings is 2. The molecule has 0 heterocycles. The van der Waals surface area contributed by atoms with E-state index in [1.54, 1.807) is 24.3 Å². The smallest absolute Gasteiger partial charge is 0.410 e. The number of para-hydroxylation sites is 2. The summed E-state index contributed by atoms with van der Waals surface area (Å²) in [5.41, 5.74) is 1.31. The average Bonchev–Trinajstić information content (AvgIpc) is 2.98. The third kappa shape index (κ3) is 15.7. The molecule has 2 aromatic carbocycles. The van der Waals surface area contributed by atoms with Crippen LogP contribution < -0.4 is 20.1 Å². The third-order valence-corrected chi connectivity index (χ3v) is 7.32. The number of carbonyl (C=O) groups excluding carboxylic acids is 2. The topological polar surface area (TPSA) is 76.7 Å². The van der Waals surface area contributed by atoms with E-state index in [9.17, 15) is 9.59 Å². The van der Waals surface area contributed by atoms with Gasteiger partial charge >= 0.3 is 12.2 Å². The molecule has 0 aromatic heterocycles. The summed E-state index contributed by atoms with van der Waals surface area (Å²) in [7, 11) is 0. The Bertz CT molecular complexity index is 985. The zero-order chi connectivity index (χ0) is 29.4. The van der Waals surface area contributed by atoms with Crippen molar-refractivity contribution in [1.82, 2.24) is 10.6 Å². The van der Waals surface area contributed by atoms with Crippen molar-refractivity contribution in [3.8, 4) is 22.6 Å². The predicted octanol–water partition coefficient (Wildman–Crippen LogP) is 10.0. The lowest BCUT2D eigenvalue weighted by atomic mass is 10.0. The molecule has 0 unspecified atom stereocenters. The van der Waals surface area contributed by atoms with Crippen LogP contribution in [0.25, 0.3) is 11.1 Å². The molecule has 0 bridgehead atoms. The molecule has 0 saturated carbocycles. The molecule has 6 nitrogen and oxygen atoms in total. The molecule has 0 aliphatic rings. The van der Waals surface area contributed by atoms with Crippen LogP contribution >= 0.6 is 11.6 Å². The van der Waals surface area contributed by atoms with Crippen LogP contribution in [0.5, 0.6) is 11.5 Å². The molecule has 2 amide bonds. The molecule has 0 saturated heterocycles. The molecule has 2 N–H and O–H groups in total. The Morgan fingerprint density at radius 3 is 1.34 bits per heavy atom. The molecule has 0 aliphatic carbocycles. The van der Waals surface area contributed by atoms with Gasteiger partial charge in [-0.05, 0) is 18.6 Å². The van der Waals surface area contributed by atoms with Crippen molar-refractivity contribution in [1.29, 1.82) is 0 Å². The van der Waals surface area contributed by atoms with Gasteiger partial charge in [0.15, 0.2) is 0 Å². The molecule has 2 rings (SSSR count). The first-order valence-electron chi connectivity index (χ1n) is 15.8. The molecule has 0 aliphatic heterocycles. The van der Waals surface area contributed by atoms with Crippen molar-refractivity contribution in [3.63, 3.8) is 0 Å². The van der Waals surface area contributed by atoms with E-state index in [2.05, 4.69) is 17.6 Å². The Hall–Kier alpha value is -2.73. The van der Waals surface area contributed by atoms with Crippen molar-refractivity contribution in [2.24, 2.45) is 0 Å². The van der Waals surface area contributed by atoms with Gasteiger partial charge in [0.25, 0.3) is 0 Å². The van der Waals surface area contributed by atoms with Crippen molar-refractivity contribution < 1.29 is 19.1 Å². The van der Waals surface area contributed by atoms with Gasteiger partial charge in [-0.15, -0.1) is 11.6 Å².